The molecule has 2 rings (SSSR count). The predicted octanol–water partition coefficient (Wildman–Crippen LogP) is 2.49. The van der Waals surface area contributed by atoms with Crippen LogP contribution < -0.4 is 4.57 Å². The van der Waals surface area contributed by atoms with Gasteiger partial charge in [0, 0.05) is 12.1 Å². The largest absolute Gasteiger partial charge is 0.331 e. The third kappa shape index (κ3) is 2.49. The first kappa shape index (κ1) is 11.7. The summed E-state index contributed by atoms with van der Waals surface area (Å²) in [7, 11) is 0. The lowest BCUT2D eigenvalue weighted by molar-refractivity contribution is -0.606. The van der Waals surface area contributed by atoms with Gasteiger partial charge in [-0.3, -0.25) is 0 Å². The van der Waals surface area contributed by atoms with Crippen molar-refractivity contribution in [1.82, 2.24) is 9.97 Å². The SMILES string of the molecule is Cc1cc[n+](-c2ccnc(C(C)C)n2)c(C)c1. The highest BCUT2D eigenvalue weighted by Gasteiger charge is 2.15. The molecule has 0 aliphatic carbocycles. The minimum absolute atomic E-state index is 0.348. The molecule has 0 unspecified atom stereocenters. The molecule has 0 atom stereocenters. The summed E-state index contributed by atoms with van der Waals surface area (Å²) in [6.07, 6.45) is 3.88. The summed E-state index contributed by atoms with van der Waals surface area (Å²) in [6.45, 7) is 8.39. The smallest absolute Gasteiger partial charge is 0.218 e. The Morgan fingerprint density at radius 3 is 2.59 bits per heavy atom. The summed E-state index contributed by atoms with van der Waals surface area (Å²) in [4.78, 5) is 8.87. The van der Waals surface area contributed by atoms with Crippen LogP contribution in [0.25, 0.3) is 5.82 Å². The molecule has 0 aromatic carbocycles. The lowest BCUT2D eigenvalue weighted by atomic mass is 10.2. The van der Waals surface area contributed by atoms with Crippen LogP contribution in [0, 0.1) is 13.8 Å². The molecule has 17 heavy (non-hydrogen) atoms. The zero-order valence-corrected chi connectivity index (χ0v) is 10.8. The summed E-state index contributed by atoms with van der Waals surface area (Å²) in [5, 5.41) is 0. The van der Waals surface area contributed by atoms with Crippen molar-refractivity contribution in [2.45, 2.75) is 33.6 Å². The maximum Gasteiger partial charge on any atom is 0.331 e. The Bertz CT molecular complexity index is 533. The minimum atomic E-state index is 0.348. The summed E-state index contributed by atoms with van der Waals surface area (Å²) in [6, 6.07) is 6.18. The molecular formula is C14H18N3+. The minimum Gasteiger partial charge on any atom is -0.218 e. The van der Waals surface area contributed by atoms with Gasteiger partial charge in [-0.1, -0.05) is 13.8 Å². The van der Waals surface area contributed by atoms with E-state index in [4.69, 9.17) is 0 Å². The van der Waals surface area contributed by atoms with Crippen molar-refractivity contribution in [3.05, 3.63) is 47.7 Å². The zero-order valence-electron chi connectivity index (χ0n) is 10.8. The maximum absolute atomic E-state index is 4.58. The van der Waals surface area contributed by atoms with E-state index in [1.165, 1.54) is 11.3 Å². The number of hydrogen-bond acceptors (Lipinski definition) is 2. The van der Waals surface area contributed by atoms with Crippen LogP contribution >= 0.6 is 0 Å². The Hall–Kier alpha value is -1.77. The summed E-state index contributed by atoms with van der Waals surface area (Å²) < 4.78 is 2.08. The number of pyridine rings is 1. The summed E-state index contributed by atoms with van der Waals surface area (Å²) in [5.74, 6) is 2.16. The van der Waals surface area contributed by atoms with Gasteiger partial charge in [-0.05, 0) is 36.5 Å². The van der Waals surface area contributed by atoms with Crippen LogP contribution in [0.15, 0.2) is 30.6 Å². The van der Waals surface area contributed by atoms with E-state index in [0.717, 1.165) is 11.6 Å². The van der Waals surface area contributed by atoms with E-state index < -0.39 is 0 Å². The van der Waals surface area contributed by atoms with E-state index in [2.05, 4.69) is 60.6 Å². The van der Waals surface area contributed by atoms with Crippen LogP contribution in [0.3, 0.4) is 0 Å². The number of rotatable bonds is 2. The molecule has 0 saturated heterocycles. The lowest BCUT2D eigenvalue weighted by Crippen LogP contribution is -2.35. The van der Waals surface area contributed by atoms with Crippen molar-refractivity contribution in [2.24, 2.45) is 0 Å². The Balaban J connectivity index is 2.49. The number of nitrogens with zero attached hydrogens (tertiary/aromatic N) is 3. The molecule has 2 heterocycles. The van der Waals surface area contributed by atoms with Gasteiger partial charge in [-0.25, -0.2) is 9.55 Å². The first-order valence-electron chi connectivity index (χ1n) is 5.90. The number of aromatic nitrogens is 3. The average Bonchev–Trinajstić information content (AvgIpc) is 2.29. The topological polar surface area (TPSA) is 29.7 Å². The van der Waals surface area contributed by atoms with Crippen LogP contribution in [0.4, 0.5) is 0 Å². The second kappa shape index (κ2) is 4.62. The quantitative estimate of drug-likeness (QED) is 0.739. The first-order valence-corrected chi connectivity index (χ1v) is 5.90. The molecule has 88 valence electrons. The van der Waals surface area contributed by atoms with E-state index in [9.17, 15) is 0 Å². The third-order valence-corrected chi connectivity index (χ3v) is 2.73. The fraction of sp³-hybridized carbons (Fsp3) is 0.357. The first-order chi connectivity index (χ1) is 8.08. The van der Waals surface area contributed by atoms with E-state index in [1.807, 2.05) is 12.3 Å². The fourth-order valence-electron chi connectivity index (χ4n) is 1.79. The van der Waals surface area contributed by atoms with Crippen molar-refractivity contribution < 1.29 is 4.57 Å². The van der Waals surface area contributed by atoms with Gasteiger partial charge in [0.2, 0.25) is 5.82 Å². The zero-order chi connectivity index (χ0) is 12.4. The van der Waals surface area contributed by atoms with Crippen LogP contribution in [-0.2, 0) is 0 Å². The predicted molar refractivity (Wildman–Crippen MR) is 67.1 cm³/mol. The second-order valence-electron chi connectivity index (χ2n) is 4.64. The van der Waals surface area contributed by atoms with Gasteiger partial charge in [-0.2, -0.15) is 0 Å². The molecule has 0 aliphatic rings. The van der Waals surface area contributed by atoms with Crippen LogP contribution in [0.5, 0.6) is 0 Å². The Labute approximate surface area is 102 Å². The Morgan fingerprint density at radius 1 is 1.18 bits per heavy atom. The molecule has 0 spiro atoms. The molecule has 0 radical (unpaired) electrons. The van der Waals surface area contributed by atoms with E-state index in [1.54, 1.807) is 0 Å². The van der Waals surface area contributed by atoms with E-state index in [-0.39, 0.29) is 0 Å². The van der Waals surface area contributed by atoms with Crippen molar-refractivity contribution in [1.29, 1.82) is 0 Å². The highest BCUT2D eigenvalue weighted by atomic mass is 15.1. The van der Waals surface area contributed by atoms with Gasteiger partial charge in [0.05, 0.1) is 12.3 Å². The van der Waals surface area contributed by atoms with Crippen molar-refractivity contribution in [3.63, 3.8) is 0 Å². The van der Waals surface area contributed by atoms with Gasteiger partial charge in [0.1, 0.15) is 5.69 Å². The fourth-order valence-corrected chi connectivity index (χ4v) is 1.79. The van der Waals surface area contributed by atoms with Gasteiger partial charge < -0.3 is 0 Å². The van der Waals surface area contributed by atoms with E-state index in [0.29, 0.717) is 5.92 Å². The molecule has 0 N–H and O–H groups in total. The molecular weight excluding hydrogens is 210 g/mol. The van der Waals surface area contributed by atoms with Crippen LogP contribution in [-0.4, -0.2) is 9.97 Å². The molecule has 0 bridgehead atoms. The normalized spacial score (nSPS) is 10.9. The average molecular weight is 228 g/mol. The molecule has 3 heteroatoms. The molecule has 3 nitrogen and oxygen atoms in total. The lowest BCUT2D eigenvalue weighted by Gasteiger charge is -2.03. The van der Waals surface area contributed by atoms with Crippen LogP contribution in [0.2, 0.25) is 0 Å². The summed E-state index contributed by atoms with van der Waals surface area (Å²) in [5.41, 5.74) is 2.44. The molecule has 0 fully saturated rings. The maximum atomic E-state index is 4.58. The van der Waals surface area contributed by atoms with Crippen molar-refractivity contribution in [2.75, 3.05) is 0 Å². The molecule has 0 aliphatic heterocycles. The van der Waals surface area contributed by atoms with Gasteiger partial charge >= 0.3 is 5.82 Å². The molecule has 0 saturated carbocycles. The molecule has 0 amide bonds. The van der Waals surface area contributed by atoms with Crippen LogP contribution in [0.1, 0.15) is 36.8 Å². The number of hydrogen-bond donors (Lipinski definition) is 0. The standard InChI is InChI=1S/C14H18N3/c1-10(2)14-15-7-5-13(16-14)17-8-6-11(3)9-12(17)4/h5-10H,1-4H3/q+1. The summed E-state index contributed by atoms with van der Waals surface area (Å²) >= 11 is 0. The van der Waals surface area contributed by atoms with Crippen molar-refractivity contribution in [3.8, 4) is 5.82 Å². The van der Waals surface area contributed by atoms with Crippen molar-refractivity contribution >= 4 is 0 Å². The highest BCUT2D eigenvalue weighted by Crippen LogP contribution is 2.08. The monoisotopic (exact) mass is 228 g/mol. The van der Waals surface area contributed by atoms with Gasteiger partial charge in [0.25, 0.3) is 0 Å². The second-order valence-corrected chi connectivity index (χ2v) is 4.64. The van der Waals surface area contributed by atoms with Gasteiger partial charge in [0.15, 0.2) is 0 Å². The van der Waals surface area contributed by atoms with Gasteiger partial charge in [-0.15, -0.1) is 0 Å². The third-order valence-electron chi connectivity index (χ3n) is 2.73. The molecule has 2 aromatic heterocycles. The highest BCUT2D eigenvalue weighted by molar-refractivity contribution is 5.15. The molecule has 2 aromatic rings. The van der Waals surface area contributed by atoms with E-state index >= 15 is 0 Å². The Kier molecular flexibility index (Phi) is 3.18. The Morgan fingerprint density at radius 2 is 1.94 bits per heavy atom. The number of aryl methyl sites for hydroxylation is 2.